The third kappa shape index (κ3) is 0.511. The molecule has 0 heterocycles. The van der Waals surface area contributed by atoms with Crippen LogP contribution in [0.15, 0.2) is 12.2 Å². The lowest BCUT2D eigenvalue weighted by atomic mass is 10.1. The topological polar surface area (TPSA) is 0 Å². The molecule has 0 radical (unpaired) electrons. The molecule has 2 aliphatic carbocycles. The van der Waals surface area contributed by atoms with Gasteiger partial charge in [-0.3, -0.25) is 0 Å². The predicted molar refractivity (Wildman–Crippen MR) is 38.1 cm³/mol. The van der Waals surface area contributed by atoms with E-state index < -0.39 is 0 Å². The van der Waals surface area contributed by atoms with Crippen LogP contribution >= 0.6 is 15.9 Å². The molecule has 0 aromatic carbocycles. The van der Waals surface area contributed by atoms with Crippen molar-refractivity contribution in [1.29, 1.82) is 0 Å². The molecule has 1 saturated carbocycles. The van der Waals surface area contributed by atoms with Crippen molar-refractivity contribution in [3.8, 4) is 0 Å². The number of halogens is 1. The summed E-state index contributed by atoms with van der Waals surface area (Å²) in [5, 5.41) is 0. The summed E-state index contributed by atoms with van der Waals surface area (Å²) >= 11 is 3.67. The van der Waals surface area contributed by atoms with Crippen molar-refractivity contribution in [2.45, 2.75) is 17.7 Å². The predicted octanol–water partition coefficient (Wildman–Crippen LogP) is 2.35. The molecule has 0 aliphatic heterocycles. The fraction of sp³-hybridized carbons (Fsp3) is 0.714. The Hall–Kier alpha value is 0.220. The van der Waals surface area contributed by atoms with Crippen LogP contribution in [-0.2, 0) is 0 Å². The summed E-state index contributed by atoms with van der Waals surface area (Å²) in [6.07, 6.45) is 7.54. The highest BCUT2D eigenvalue weighted by Crippen LogP contribution is 2.43. The lowest BCUT2D eigenvalue weighted by Gasteiger charge is -2.02. The first kappa shape index (κ1) is 5.04. The number of allylic oxidation sites excluding steroid dienone is 2. The van der Waals surface area contributed by atoms with E-state index in [1.165, 1.54) is 12.8 Å². The van der Waals surface area contributed by atoms with Crippen molar-refractivity contribution >= 4 is 15.9 Å². The molecule has 2 atom stereocenters. The Balaban J connectivity index is 2.27. The number of hydrogen-bond acceptors (Lipinski definition) is 0. The summed E-state index contributed by atoms with van der Waals surface area (Å²) in [4.78, 5) is 0.794. The van der Waals surface area contributed by atoms with Crippen LogP contribution in [0.5, 0.6) is 0 Å². The molecular formula is C7H9Br. The Morgan fingerprint density at radius 2 is 1.62 bits per heavy atom. The molecule has 8 heavy (non-hydrogen) atoms. The highest BCUT2D eigenvalue weighted by Gasteiger charge is 2.35. The van der Waals surface area contributed by atoms with E-state index in [-0.39, 0.29) is 0 Å². The van der Waals surface area contributed by atoms with Crippen molar-refractivity contribution < 1.29 is 0 Å². The van der Waals surface area contributed by atoms with Crippen molar-refractivity contribution in [2.24, 2.45) is 11.8 Å². The summed E-state index contributed by atoms with van der Waals surface area (Å²) in [5.41, 5.74) is 0. The van der Waals surface area contributed by atoms with Gasteiger partial charge in [-0.1, -0.05) is 28.1 Å². The molecule has 0 amide bonds. The molecule has 44 valence electrons. The van der Waals surface area contributed by atoms with E-state index >= 15 is 0 Å². The molecule has 0 aromatic heterocycles. The molecule has 0 unspecified atom stereocenters. The van der Waals surface area contributed by atoms with E-state index in [1.807, 2.05) is 0 Å². The van der Waals surface area contributed by atoms with Gasteiger partial charge in [0, 0.05) is 4.83 Å². The van der Waals surface area contributed by atoms with Gasteiger partial charge in [-0.15, -0.1) is 0 Å². The molecule has 0 spiro atoms. The molecule has 1 heteroatoms. The standard InChI is InChI=1S/C7H9Br/c8-7-5-1-2-6(7)4-3-5/h1-2,5-7H,3-4H2/t5-,6-/m0/s1. The summed E-state index contributed by atoms with van der Waals surface area (Å²) in [6, 6.07) is 0. The van der Waals surface area contributed by atoms with Crippen molar-refractivity contribution in [1.82, 2.24) is 0 Å². The molecule has 1 fully saturated rings. The van der Waals surface area contributed by atoms with Gasteiger partial charge in [0.2, 0.25) is 0 Å². The summed E-state index contributed by atoms with van der Waals surface area (Å²) in [7, 11) is 0. The Bertz CT molecular complexity index is 114. The summed E-state index contributed by atoms with van der Waals surface area (Å²) < 4.78 is 0. The van der Waals surface area contributed by atoms with Gasteiger partial charge in [-0.2, -0.15) is 0 Å². The zero-order valence-corrected chi connectivity index (χ0v) is 6.26. The van der Waals surface area contributed by atoms with E-state index in [0.717, 1.165) is 16.7 Å². The lowest BCUT2D eigenvalue weighted by molar-refractivity contribution is 0.705. The molecule has 0 N–H and O–H groups in total. The van der Waals surface area contributed by atoms with Crippen molar-refractivity contribution in [2.75, 3.05) is 0 Å². The Labute approximate surface area is 58.1 Å². The van der Waals surface area contributed by atoms with Crippen LogP contribution in [0.3, 0.4) is 0 Å². The van der Waals surface area contributed by atoms with Gasteiger partial charge in [0.05, 0.1) is 0 Å². The third-order valence-corrected chi connectivity index (χ3v) is 3.61. The lowest BCUT2D eigenvalue weighted by Crippen LogP contribution is -2.02. The number of hydrogen-bond donors (Lipinski definition) is 0. The van der Waals surface area contributed by atoms with Gasteiger partial charge < -0.3 is 0 Å². The highest BCUT2D eigenvalue weighted by molar-refractivity contribution is 9.09. The Morgan fingerprint density at radius 1 is 1.12 bits per heavy atom. The van der Waals surface area contributed by atoms with Crippen LogP contribution in [0.25, 0.3) is 0 Å². The molecule has 0 aromatic rings. The van der Waals surface area contributed by atoms with Crippen LogP contribution in [-0.4, -0.2) is 4.83 Å². The van der Waals surface area contributed by atoms with Gasteiger partial charge in [-0.05, 0) is 24.7 Å². The minimum atomic E-state index is 0.794. The van der Waals surface area contributed by atoms with Gasteiger partial charge >= 0.3 is 0 Å². The number of fused-ring (bicyclic) bond motifs is 2. The zero-order valence-electron chi connectivity index (χ0n) is 4.68. The second-order valence-electron chi connectivity index (χ2n) is 2.73. The van der Waals surface area contributed by atoms with E-state index in [4.69, 9.17) is 0 Å². The van der Waals surface area contributed by atoms with E-state index in [2.05, 4.69) is 28.1 Å². The quantitative estimate of drug-likeness (QED) is 0.389. The third-order valence-electron chi connectivity index (χ3n) is 2.26. The summed E-state index contributed by atoms with van der Waals surface area (Å²) in [5.74, 6) is 1.75. The smallest absolute Gasteiger partial charge is 0.0271 e. The van der Waals surface area contributed by atoms with Crippen LogP contribution in [0, 0.1) is 11.8 Å². The first-order valence-corrected chi connectivity index (χ1v) is 4.12. The van der Waals surface area contributed by atoms with Crippen LogP contribution in [0.1, 0.15) is 12.8 Å². The van der Waals surface area contributed by atoms with Gasteiger partial charge in [-0.25, -0.2) is 0 Å². The SMILES string of the molecule is BrC1[C@H]2C=C[C@H]1CC2. The van der Waals surface area contributed by atoms with E-state index in [1.54, 1.807) is 0 Å². The van der Waals surface area contributed by atoms with Crippen LogP contribution in [0.2, 0.25) is 0 Å². The molecule has 2 rings (SSSR count). The normalized spacial score (nSPS) is 50.9. The average molecular weight is 173 g/mol. The molecule has 2 bridgehead atoms. The van der Waals surface area contributed by atoms with Crippen LogP contribution in [0.4, 0.5) is 0 Å². The fourth-order valence-electron chi connectivity index (χ4n) is 1.71. The number of rotatable bonds is 0. The maximum Gasteiger partial charge on any atom is 0.0271 e. The minimum absolute atomic E-state index is 0.794. The number of alkyl halides is 1. The monoisotopic (exact) mass is 172 g/mol. The first-order valence-electron chi connectivity index (χ1n) is 3.20. The van der Waals surface area contributed by atoms with Gasteiger partial charge in [0.25, 0.3) is 0 Å². The molecule has 0 saturated heterocycles. The largest absolute Gasteiger partial charge is 0.0878 e. The van der Waals surface area contributed by atoms with Gasteiger partial charge in [0.1, 0.15) is 0 Å². The maximum absolute atomic E-state index is 3.67. The van der Waals surface area contributed by atoms with Crippen molar-refractivity contribution in [3.63, 3.8) is 0 Å². The fourth-order valence-corrected chi connectivity index (χ4v) is 2.59. The molecule has 2 aliphatic rings. The second kappa shape index (κ2) is 1.60. The summed E-state index contributed by atoms with van der Waals surface area (Å²) in [6.45, 7) is 0. The first-order chi connectivity index (χ1) is 3.88. The Kier molecular flexibility index (Phi) is 1.01. The van der Waals surface area contributed by atoms with Crippen molar-refractivity contribution in [3.05, 3.63) is 12.2 Å². The van der Waals surface area contributed by atoms with E-state index in [9.17, 15) is 0 Å². The molecular weight excluding hydrogens is 164 g/mol. The van der Waals surface area contributed by atoms with Crippen LogP contribution < -0.4 is 0 Å². The van der Waals surface area contributed by atoms with E-state index in [0.29, 0.717) is 0 Å². The average Bonchev–Trinajstić information content (AvgIpc) is 2.29. The Morgan fingerprint density at radius 3 is 1.75 bits per heavy atom. The molecule has 0 nitrogen and oxygen atoms in total. The zero-order chi connectivity index (χ0) is 5.56. The maximum atomic E-state index is 3.67. The van der Waals surface area contributed by atoms with Gasteiger partial charge in [0.15, 0.2) is 0 Å². The highest BCUT2D eigenvalue weighted by atomic mass is 79.9. The second-order valence-corrected chi connectivity index (χ2v) is 3.79. The minimum Gasteiger partial charge on any atom is -0.0878 e.